The van der Waals surface area contributed by atoms with Crippen LogP contribution < -0.4 is 5.32 Å². The van der Waals surface area contributed by atoms with Crippen molar-refractivity contribution in [2.75, 3.05) is 13.1 Å². The van der Waals surface area contributed by atoms with Gasteiger partial charge in [-0.25, -0.2) is 4.79 Å². The first-order valence-electron chi connectivity index (χ1n) is 5.29. The Hall–Kier alpha value is -1.52. The second kappa shape index (κ2) is 4.33. The Kier molecular flexibility index (Phi) is 2.89. The minimum absolute atomic E-state index is 0.0353. The molecule has 0 radical (unpaired) electrons. The Labute approximate surface area is 88.8 Å². The number of rotatable bonds is 2. The van der Waals surface area contributed by atoms with Gasteiger partial charge in [-0.15, -0.1) is 0 Å². The third kappa shape index (κ3) is 2.29. The van der Waals surface area contributed by atoms with Crippen LogP contribution in [0.15, 0.2) is 6.20 Å². The fourth-order valence-electron chi connectivity index (χ4n) is 1.76. The van der Waals surface area contributed by atoms with E-state index in [0.717, 1.165) is 37.2 Å². The first-order valence-corrected chi connectivity index (χ1v) is 5.29. The number of amides is 2. The molecule has 1 aliphatic heterocycles. The van der Waals surface area contributed by atoms with Crippen LogP contribution in [0.25, 0.3) is 0 Å². The molecule has 1 aromatic rings. The van der Waals surface area contributed by atoms with Gasteiger partial charge in [0, 0.05) is 30.9 Å². The first-order chi connectivity index (χ1) is 7.27. The number of aromatic nitrogens is 2. The van der Waals surface area contributed by atoms with Crippen LogP contribution in [0.4, 0.5) is 4.79 Å². The first kappa shape index (κ1) is 10.0. The highest BCUT2D eigenvalue weighted by molar-refractivity contribution is 5.74. The summed E-state index contributed by atoms with van der Waals surface area (Å²) in [5.41, 5.74) is 2.05. The van der Waals surface area contributed by atoms with E-state index in [9.17, 15) is 4.79 Å². The molecule has 0 unspecified atom stereocenters. The van der Waals surface area contributed by atoms with Crippen molar-refractivity contribution in [2.45, 2.75) is 26.3 Å². The van der Waals surface area contributed by atoms with E-state index < -0.39 is 0 Å². The molecule has 1 aliphatic rings. The molecule has 5 heteroatoms. The van der Waals surface area contributed by atoms with Crippen LogP contribution in [0.5, 0.6) is 0 Å². The van der Waals surface area contributed by atoms with Crippen LogP contribution in [-0.4, -0.2) is 34.2 Å². The molecule has 1 fully saturated rings. The lowest BCUT2D eigenvalue weighted by atomic mass is 10.3. The molecule has 15 heavy (non-hydrogen) atoms. The minimum atomic E-state index is 0.0353. The Morgan fingerprint density at radius 1 is 1.60 bits per heavy atom. The molecule has 0 saturated carbocycles. The summed E-state index contributed by atoms with van der Waals surface area (Å²) in [5, 5.41) is 9.65. The Balaban J connectivity index is 1.83. The van der Waals surface area contributed by atoms with Gasteiger partial charge in [0.1, 0.15) is 0 Å². The van der Waals surface area contributed by atoms with Crippen molar-refractivity contribution in [1.29, 1.82) is 0 Å². The average molecular weight is 208 g/mol. The van der Waals surface area contributed by atoms with Crippen molar-refractivity contribution in [3.8, 4) is 0 Å². The summed E-state index contributed by atoms with van der Waals surface area (Å²) in [5.74, 6) is 0. The number of hydrogen-bond acceptors (Lipinski definition) is 2. The molecule has 2 N–H and O–H groups in total. The molecular weight excluding hydrogens is 192 g/mol. The largest absolute Gasteiger partial charge is 0.334 e. The van der Waals surface area contributed by atoms with Gasteiger partial charge in [-0.2, -0.15) is 5.10 Å². The van der Waals surface area contributed by atoms with Gasteiger partial charge in [-0.05, 0) is 19.8 Å². The number of carbonyl (C=O) groups is 1. The van der Waals surface area contributed by atoms with E-state index in [1.807, 2.05) is 11.8 Å². The van der Waals surface area contributed by atoms with Gasteiger partial charge in [0.2, 0.25) is 0 Å². The third-order valence-corrected chi connectivity index (χ3v) is 2.76. The monoisotopic (exact) mass is 208 g/mol. The topological polar surface area (TPSA) is 61.0 Å². The molecule has 2 heterocycles. The summed E-state index contributed by atoms with van der Waals surface area (Å²) in [6.45, 7) is 4.27. The number of likely N-dealkylation sites (tertiary alicyclic amines) is 1. The van der Waals surface area contributed by atoms with E-state index in [0.29, 0.717) is 6.54 Å². The van der Waals surface area contributed by atoms with E-state index in [1.165, 1.54) is 0 Å². The Morgan fingerprint density at radius 3 is 2.93 bits per heavy atom. The average Bonchev–Trinajstić information content (AvgIpc) is 2.85. The summed E-state index contributed by atoms with van der Waals surface area (Å²) < 4.78 is 0. The highest BCUT2D eigenvalue weighted by Crippen LogP contribution is 2.08. The number of nitrogens with one attached hydrogen (secondary N) is 2. The fourth-order valence-corrected chi connectivity index (χ4v) is 1.76. The van der Waals surface area contributed by atoms with E-state index in [1.54, 1.807) is 6.20 Å². The van der Waals surface area contributed by atoms with Crippen LogP contribution in [0.3, 0.4) is 0 Å². The molecule has 0 bridgehead atoms. The summed E-state index contributed by atoms with van der Waals surface area (Å²) in [4.78, 5) is 13.5. The molecule has 2 amide bonds. The van der Waals surface area contributed by atoms with E-state index in [-0.39, 0.29) is 6.03 Å². The SMILES string of the molecule is Cc1[nH]ncc1CNC(=O)N1CCCC1. The third-order valence-electron chi connectivity index (χ3n) is 2.76. The van der Waals surface area contributed by atoms with Crippen molar-refractivity contribution in [3.05, 3.63) is 17.5 Å². The predicted molar refractivity (Wildman–Crippen MR) is 56.4 cm³/mol. The standard InChI is InChI=1S/C10H16N4O/c1-8-9(7-12-13-8)6-11-10(15)14-4-2-3-5-14/h7H,2-6H2,1H3,(H,11,15)(H,12,13). The van der Waals surface area contributed by atoms with Gasteiger partial charge in [0.25, 0.3) is 0 Å². The lowest BCUT2D eigenvalue weighted by Crippen LogP contribution is -2.37. The lowest BCUT2D eigenvalue weighted by molar-refractivity contribution is 0.208. The van der Waals surface area contributed by atoms with Crippen LogP contribution in [0.2, 0.25) is 0 Å². The predicted octanol–water partition coefficient (Wildman–Crippen LogP) is 1.02. The molecule has 0 atom stereocenters. The highest BCUT2D eigenvalue weighted by atomic mass is 16.2. The second-order valence-corrected chi connectivity index (χ2v) is 3.87. The number of nitrogens with zero attached hydrogens (tertiary/aromatic N) is 2. The number of aromatic amines is 1. The molecule has 1 saturated heterocycles. The van der Waals surface area contributed by atoms with Crippen molar-refractivity contribution in [2.24, 2.45) is 0 Å². The zero-order valence-electron chi connectivity index (χ0n) is 8.92. The normalized spacial score (nSPS) is 15.7. The Bertz CT molecular complexity index is 341. The maximum absolute atomic E-state index is 11.6. The van der Waals surface area contributed by atoms with Crippen LogP contribution in [0.1, 0.15) is 24.1 Å². The maximum Gasteiger partial charge on any atom is 0.317 e. The van der Waals surface area contributed by atoms with E-state index in [4.69, 9.17) is 0 Å². The maximum atomic E-state index is 11.6. The number of hydrogen-bond donors (Lipinski definition) is 2. The lowest BCUT2D eigenvalue weighted by Gasteiger charge is -2.15. The zero-order chi connectivity index (χ0) is 10.7. The molecular formula is C10H16N4O. The number of aryl methyl sites for hydroxylation is 1. The van der Waals surface area contributed by atoms with E-state index >= 15 is 0 Å². The smallest absolute Gasteiger partial charge is 0.317 e. The van der Waals surface area contributed by atoms with Crippen LogP contribution >= 0.6 is 0 Å². The molecule has 0 spiro atoms. The second-order valence-electron chi connectivity index (χ2n) is 3.87. The molecule has 2 rings (SSSR count). The van der Waals surface area contributed by atoms with Crippen molar-refractivity contribution < 1.29 is 4.79 Å². The summed E-state index contributed by atoms with van der Waals surface area (Å²) in [7, 11) is 0. The van der Waals surface area contributed by atoms with Gasteiger partial charge < -0.3 is 10.2 Å². The number of carbonyl (C=O) groups excluding carboxylic acids is 1. The van der Waals surface area contributed by atoms with Gasteiger partial charge >= 0.3 is 6.03 Å². The van der Waals surface area contributed by atoms with Gasteiger partial charge in [0.05, 0.1) is 6.20 Å². The van der Waals surface area contributed by atoms with Crippen LogP contribution in [-0.2, 0) is 6.54 Å². The van der Waals surface area contributed by atoms with Gasteiger partial charge in [-0.1, -0.05) is 0 Å². The summed E-state index contributed by atoms with van der Waals surface area (Å²) in [6.07, 6.45) is 4.00. The molecule has 0 aromatic carbocycles. The van der Waals surface area contributed by atoms with Gasteiger partial charge in [-0.3, -0.25) is 5.10 Å². The fraction of sp³-hybridized carbons (Fsp3) is 0.600. The summed E-state index contributed by atoms with van der Waals surface area (Å²) in [6, 6.07) is 0.0353. The molecule has 0 aliphatic carbocycles. The molecule has 1 aromatic heterocycles. The number of H-pyrrole nitrogens is 1. The van der Waals surface area contributed by atoms with Crippen molar-refractivity contribution >= 4 is 6.03 Å². The van der Waals surface area contributed by atoms with Gasteiger partial charge in [0.15, 0.2) is 0 Å². The quantitative estimate of drug-likeness (QED) is 0.762. The molecule has 5 nitrogen and oxygen atoms in total. The zero-order valence-corrected chi connectivity index (χ0v) is 8.92. The minimum Gasteiger partial charge on any atom is -0.334 e. The number of urea groups is 1. The Morgan fingerprint density at radius 2 is 2.33 bits per heavy atom. The van der Waals surface area contributed by atoms with Crippen LogP contribution in [0, 0.1) is 6.92 Å². The molecule has 82 valence electrons. The summed E-state index contributed by atoms with van der Waals surface area (Å²) >= 11 is 0. The van der Waals surface area contributed by atoms with E-state index in [2.05, 4.69) is 15.5 Å². The van der Waals surface area contributed by atoms with Crippen molar-refractivity contribution in [3.63, 3.8) is 0 Å². The van der Waals surface area contributed by atoms with Crippen molar-refractivity contribution in [1.82, 2.24) is 20.4 Å². The highest BCUT2D eigenvalue weighted by Gasteiger charge is 2.17.